The van der Waals surface area contributed by atoms with Gasteiger partial charge in [-0.3, -0.25) is 14.4 Å². The Morgan fingerprint density at radius 3 is 2.50 bits per heavy atom. The summed E-state index contributed by atoms with van der Waals surface area (Å²) in [6.45, 7) is -1.54. The number of aliphatic hydroxyl groups is 2. The average molecular weight is 308 g/mol. The molecule has 0 amide bonds. The van der Waals surface area contributed by atoms with Crippen LogP contribution in [0.2, 0.25) is 0 Å². The molecule has 6 N–H and O–H groups in total. The lowest BCUT2D eigenvalue weighted by atomic mass is 10.2. The van der Waals surface area contributed by atoms with Crippen molar-refractivity contribution in [1.82, 2.24) is 0 Å². The molecular weight excluding hydrogens is 291 g/mol. The molecule has 10 heteroatoms. The van der Waals surface area contributed by atoms with Gasteiger partial charge in [0.2, 0.25) is 18.2 Å². The number of ether oxygens (including phenoxy) is 1. The molecule has 1 saturated heterocycles. The van der Waals surface area contributed by atoms with Gasteiger partial charge in [0.25, 0.3) is 0 Å². The minimum Gasteiger partial charge on any atom is -0.450 e. The maximum absolute atomic E-state index is 12.6. The van der Waals surface area contributed by atoms with Crippen molar-refractivity contribution in [2.45, 2.75) is 30.8 Å². The molecule has 0 aromatic carbocycles. The molecule has 1 aliphatic heterocycles. The Morgan fingerprint density at radius 2 is 2.00 bits per heavy atom. The largest absolute Gasteiger partial charge is 0.450 e. The van der Waals surface area contributed by atoms with E-state index in [9.17, 15) is 24.1 Å². The van der Waals surface area contributed by atoms with Gasteiger partial charge in [-0.1, -0.05) is 0 Å². The molecule has 9 nitrogen and oxygen atoms in total. The first-order valence-corrected chi connectivity index (χ1v) is 7.69. The fourth-order valence-corrected chi connectivity index (χ4v) is 3.95. The molecule has 1 heterocycles. The summed E-state index contributed by atoms with van der Waals surface area (Å²) in [6.07, 6.45) is -2.40. The highest BCUT2D eigenvalue weighted by molar-refractivity contribution is 7.94. The van der Waals surface area contributed by atoms with E-state index in [1.165, 1.54) is 0 Å². The Labute approximate surface area is 114 Å². The normalized spacial score (nSPS) is 33.9. The number of carbonyl (C=O) groups is 3. The van der Waals surface area contributed by atoms with Gasteiger partial charge >= 0.3 is 5.97 Å². The van der Waals surface area contributed by atoms with Crippen LogP contribution in [0, 0.1) is 0 Å². The van der Waals surface area contributed by atoms with Crippen LogP contribution in [-0.2, 0) is 23.7 Å². The number of hydrogen-bond acceptors (Lipinski definition) is 9. The van der Waals surface area contributed by atoms with Gasteiger partial charge < -0.3 is 31.0 Å². The van der Waals surface area contributed by atoms with Crippen LogP contribution in [0.4, 0.5) is 0 Å². The fraction of sp³-hybridized carbons (Fsp3) is 0.700. The minimum atomic E-state index is -4.45. The van der Waals surface area contributed by atoms with Crippen molar-refractivity contribution in [2.24, 2.45) is 11.5 Å². The van der Waals surface area contributed by atoms with Crippen LogP contribution in [0.15, 0.2) is 0 Å². The van der Waals surface area contributed by atoms with Gasteiger partial charge in [0.1, 0.15) is 11.9 Å². The van der Waals surface area contributed by atoms with Gasteiger partial charge in [-0.15, -0.1) is 0 Å². The van der Waals surface area contributed by atoms with Crippen LogP contribution in [0.3, 0.4) is 0 Å². The SMILES string of the molecule is NCC(O)P1(=O)C(=O)CCC(N)C(=O)OC(CO)C1=O. The maximum atomic E-state index is 12.6. The highest BCUT2D eigenvalue weighted by Crippen LogP contribution is 2.53. The highest BCUT2D eigenvalue weighted by Gasteiger charge is 2.50. The van der Waals surface area contributed by atoms with E-state index in [1.807, 2.05) is 0 Å². The third kappa shape index (κ3) is 2.97. The fourth-order valence-electron chi connectivity index (χ4n) is 1.75. The number of hydrogen-bond donors (Lipinski definition) is 4. The molecule has 0 bridgehead atoms. The summed E-state index contributed by atoms with van der Waals surface area (Å²) in [7, 11) is -4.45. The summed E-state index contributed by atoms with van der Waals surface area (Å²) < 4.78 is 17.2. The van der Waals surface area contributed by atoms with Gasteiger partial charge in [0, 0.05) is 13.0 Å². The van der Waals surface area contributed by atoms with E-state index in [1.54, 1.807) is 0 Å². The molecule has 0 spiro atoms. The lowest BCUT2D eigenvalue weighted by Crippen LogP contribution is -2.39. The van der Waals surface area contributed by atoms with Crippen molar-refractivity contribution < 1.29 is 33.9 Å². The molecule has 0 saturated carbocycles. The molecule has 0 aromatic heterocycles. The van der Waals surface area contributed by atoms with E-state index < -0.39 is 61.7 Å². The Morgan fingerprint density at radius 1 is 1.40 bits per heavy atom. The monoisotopic (exact) mass is 308 g/mol. The Kier molecular flexibility index (Phi) is 5.55. The first-order chi connectivity index (χ1) is 9.28. The first kappa shape index (κ1) is 16.9. The molecule has 4 atom stereocenters. The zero-order chi connectivity index (χ0) is 15.5. The van der Waals surface area contributed by atoms with Gasteiger partial charge in [-0.05, 0) is 6.42 Å². The average Bonchev–Trinajstić information content (AvgIpc) is 2.48. The number of esters is 1. The lowest BCUT2D eigenvalue weighted by molar-refractivity contribution is -0.156. The number of rotatable bonds is 3. The van der Waals surface area contributed by atoms with E-state index in [0.29, 0.717) is 0 Å². The van der Waals surface area contributed by atoms with Crippen molar-refractivity contribution in [3.8, 4) is 0 Å². The van der Waals surface area contributed by atoms with Gasteiger partial charge in [-0.25, -0.2) is 0 Å². The zero-order valence-electron chi connectivity index (χ0n) is 10.6. The lowest BCUT2D eigenvalue weighted by Gasteiger charge is -2.22. The molecule has 0 aromatic rings. The van der Waals surface area contributed by atoms with E-state index in [4.69, 9.17) is 16.6 Å². The van der Waals surface area contributed by atoms with Crippen molar-refractivity contribution in [2.75, 3.05) is 13.2 Å². The number of aliphatic hydroxyl groups excluding tert-OH is 2. The summed E-state index contributed by atoms with van der Waals surface area (Å²) in [5.41, 5.74) is 8.27. The Bertz CT molecular complexity index is 467. The van der Waals surface area contributed by atoms with E-state index in [-0.39, 0.29) is 6.42 Å². The van der Waals surface area contributed by atoms with Crippen molar-refractivity contribution in [3.63, 3.8) is 0 Å². The molecular formula is C10H17N2O7P. The molecule has 1 rings (SSSR count). The smallest absolute Gasteiger partial charge is 0.323 e. The summed E-state index contributed by atoms with van der Waals surface area (Å²) in [5.74, 6) is -2.86. The highest BCUT2D eigenvalue weighted by atomic mass is 31.2. The van der Waals surface area contributed by atoms with Gasteiger partial charge in [0.15, 0.2) is 6.10 Å². The zero-order valence-corrected chi connectivity index (χ0v) is 11.5. The molecule has 0 radical (unpaired) electrons. The van der Waals surface area contributed by atoms with Crippen molar-refractivity contribution in [3.05, 3.63) is 0 Å². The predicted octanol–water partition coefficient (Wildman–Crippen LogP) is -2.29. The molecule has 0 aliphatic carbocycles. The number of nitrogens with two attached hydrogens (primary N) is 2. The second kappa shape index (κ2) is 6.55. The van der Waals surface area contributed by atoms with E-state index in [0.717, 1.165) is 0 Å². The van der Waals surface area contributed by atoms with E-state index >= 15 is 0 Å². The topological polar surface area (TPSA) is 170 Å². The van der Waals surface area contributed by atoms with Crippen LogP contribution in [0.25, 0.3) is 0 Å². The van der Waals surface area contributed by atoms with Crippen molar-refractivity contribution >= 4 is 24.2 Å². The van der Waals surface area contributed by atoms with Crippen molar-refractivity contribution in [1.29, 1.82) is 0 Å². The maximum Gasteiger partial charge on any atom is 0.323 e. The summed E-state index contributed by atoms with van der Waals surface area (Å²) >= 11 is 0. The summed E-state index contributed by atoms with van der Waals surface area (Å²) in [4.78, 5) is 35.5. The van der Waals surface area contributed by atoms with Crippen LogP contribution in [-0.4, -0.2) is 58.4 Å². The Hall–Kier alpha value is -1.12. The van der Waals surface area contributed by atoms with E-state index in [2.05, 4.69) is 4.74 Å². The number of carbonyl (C=O) groups excluding carboxylic acids is 3. The van der Waals surface area contributed by atoms with Crippen LogP contribution < -0.4 is 11.5 Å². The second-order valence-corrected chi connectivity index (χ2v) is 7.21. The van der Waals surface area contributed by atoms with Gasteiger partial charge in [0.05, 0.1) is 6.61 Å². The third-order valence-corrected chi connectivity index (χ3v) is 5.96. The second-order valence-electron chi connectivity index (χ2n) is 4.36. The first-order valence-electron chi connectivity index (χ1n) is 5.91. The van der Waals surface area contributed by atoms with Crippen LogP contribution in [0.1, 0.15) is 12.8 Å². The number of cyclic esters (lactones) is 1. The molecule has 114 valence electrons. The minimum absolute atomic E-state index is 0.176. The standard InChI is InChI=1S/C10H17N2O7P/c11-3-8(15)20(18)7(14)2-1-5(12)9(16)19-6(4-13)10(20)17/h5-6,8,13,15H,1-4,11-12H2. The molecule has 1 fully saturated rings. The van der Waals surface area contributed by atoms with Crippen LogP contribution in [0.5, 0.6) is 0 Å². The van der Waals surface area contributed by atoms with Crippen LogP contribution >= 0.6 is 7.14 Å². The molecule has 4 unspecified atom stereocenters. The Balaban J connectivity index is 3.27. The molecule has 1 aliphatic rings. The van der Waals surface area contributed by atoms with Gasteiger partial charge in [-0.2, -0.15) is 0 Å². The summed E-state index contributed by atoms with van der Waals surface area (Å²) in [6, 6.07) is -1.18. The quantitative estimate of drug-likeness (QED) is 0.331. The summed E-state index contributed by atoms with van der Waals surface area (Å²) in [5, 5.41) is 18.7. The molecule has 20 heavy (non-hydrogen) atoms. The third-order valence-electron chi connectivity index (χ3n) is 3.00. The predicted molar refractivity (Wildman–Crippen MR) is 66.9 cm³/mol.